The number of nitrogens with zero attached hydrogens (tertiary/aromatic N) is 3. The standard InChI is InChI=1S/C13H20N4O3/c1-3-14-12-11(17(18)19)13(16-8-15-12)20-10-7-5-4-6-9(10)2/h8-10H,3-7H2,1-2H3,(H,14,15,16). The molecule has 0 bridgehead atoms. The average Bonchev–Trinajstić information content (AvgIpc) is 2.41. The monoisotopic (exact) mass is 280 g/mol. The van der Waals surface area contributed by atoms with Gasteiger partial charge < -0.3 is 10.1 Å². The molecule has 2 atom stereocenters. The van der Waals surface area contributed by atoms with E-state index >= 15 is 0 Å². The summed E-state index contributed by atoms with van der Waals surface area (Å²) >= 11 is 0. The summed E-state index contributed by atoms with van der Waals surface area (Å²) < 4.78 is 5.81. The molecule has 110 valence electrons. The third-order valence-electron chi connectivity index (χ3n) is 3.61. The molecule has 0 spiro atoms. The molecule has 7 nitrogen and oxygen atoms in total. The van der Waals surface area contributed by atoms with E-state index in [-0.39, 0.29) is 23.5 Å². The van der Waals surface area contributed by atoms with Gasteiger partial charge in [-0.05, 0) is 32.1 Å². The molecule has 0 aliphatic heterocycles. The SMILES string of the molecule is CCNc1ncnc(OC2CCCCC2C)c1[N+](=O)[O-]. The Hall–Kier alpha value is -1.92. The summed E-state index contributed by atoms with van der Waals surface area (Å²) in [6.07, 6.45) is 5.58. The molecule has 20 heavy (non-hydrogen) atoms. The van der Waals surface area contributed by atoms with Crippen LogP contribution < -0.4 is 10.1 Å². The highest BCUT2D eigenvalue weighted by molar-refractivity contribution is 5.61. The van der Waals surface area contributed by atoms with Crippen LogP contribution in [0.4, 0.5) is 11.5 Å². The first kappa shape index (κ1) is 14.5. The van der Waals surface area contributed by atoms with Crippen LogP contribution in [0.25, 0.3) is 0 Å². The van der Waals surface area contributed by atoms with Gasteiger partial charge in [0.15, 0.2) is 0 Å². The van der Waals surface area contributed by atoms with Gasteiger partial charge in [-0.1, -0.05) is 13.3 Å². The summed E-state index contributed by atoms with van der Waals surface area (Å²) in [6.45, 7) is 4.52. The van der Waals surface area contributed by atoms with Crippen LogP contribution in [0, 0.1) is 16.0 Å². The molecule has 1 aromatic rings. The second-order valence-electron chi connectivity index (χ2n) is 5.08. The number of aromatic nitrogens is 2. The third kappa shape index (κ3) is 3.15. The van der Waals surface area contributed by atoms with Crippen LogP contribution in [0.5, 0.6) is 5.88 Å². The van der Waals surface area contributed by atoms with E-state index in [1.165, 1.54) is 12.7 Å². The Morgan fingerprint density at radius 3 is 2.85 bits per heavy atom. The fourth-order valence-corrected chi connectivity index (χ4v) is 2.51. The van der Waals surface area contributed by atoms with Crippen molar-refractivity contribution in [2.75, 3.05) is 11.9 Å². The minimum absolute atomic E-state index is 0.00757. The van der Waals surface area contributed by atoms with Crippen molar-refractivity contribution in [2.24, 2.45) is 5.92 Å². The lowest BCUT2D eigenvalue weighted by Gasteiger charge is -2.28. The summed E-state index contributed by atoms with van der Waals surface area (Å²) in [7, 11) is 0. The molecule has 0 radical (unpaired) electrons. The summed E-state index contributed by atoms with van der Waals surface area (Å²) in [5, 5.41) is 14.1. The molecule has 0 amide bonds. The average molecular weight is 280 g/mol. The topological polar surface area (TPSA) is 90.2 Å². The molecule has 0 saturated heterocycles. The highest BCUT2D eigenvalue weighted by Gasteiger charge is 2.29. The van der Waals surface area contributed by atoms with E-state index in [2.05, 4.69) is 22.2 Å². The van der Waals surface area contributed by atoms with Crippen LogP contribution in [0.15, 0.2) is 6.33 Å². The molecule has 0 aromatic carbocycles. The van der Waals surface area contributed by atoms with Crippen molar-refractivity contribution in [3.63, 3.8) is 0 Å². The molecule has 2 unspecified atom stereocenters. The highest BCUT2D eigenvalue weighted by atomic mass is 16.6. The molecule has 1 aliphatic rings. The Labute approximate surface area is 117 Å². The smallest absolute Gasteiger partial charge is 0.372 e. The van der Waals surface area contributed by atoms with Gasteiger partial charge in [0.1, 0.15) is 12.4 Å². The number of anilines is 1. The lowest BCUT2D eigenvalue weighted by Crippen LogP contribution is -2.29. The van der Waals surface area contributed by atoms with Gasteiger partial charge in [0, 0.05) is 6.54 Å². The molecular formula is C13H20N4O3. The largest absolute Gasteiger partial charge is 0.469 e. The Kier molecular flexibility index (Phi) is 4.70. The number of rotatable bonds is 5. The quantitative estimate of drug-likeness (QED) is 0.658. The molecule has 1 heterocycles. The van der Waals surface area contributed by atoms with Crippen molar-refractivity contribution in [1.29, 1.82) is 0 Å². The summed E-state index contributed by atoms with van der Waals surface area (Å²) in [5.74, 6) is 0.673. The molecule has 1 fully saturated rings. The van der Waals surface area contributed by atoms with Crippen molar-refractivity contribution in [3.05, 3.63) is 16.4 Å². The molecule has 1 aliphatic carbocycles. The van der Waals surface area contributed by atoms with E-state index in [1.807, 2.05) is 6.92 Å². The number of ether oxygens (including phenoxy) is 1. The molecule has 1 aromatic heterocycles. The third-order valence-corrected chi connectivity index (χ3v) is 3.61. The molecule has 7 heteroatoms. The van der Waals surface area contributed by atoms with Crippen LogP contribution in [-0.2, 0) is 0 Å². The summed E-state index contributed by atoms with van der Waals surface area (Å²) in [6, 6.07) is 0. The second-order valence-corrected chi connectivity index (χ2v) is 5.08. The Morgan fingerprint density at radius 1 is 1.45 bits per heavy atom. The van der Waals surface area contributed by atoms with E-state index in [1.54, 1.807) is 0 Å². The number of nitro groups is 1. The zero-order chi connectivity index (χ0) is 14.5. The van der Waals surface area contributed by atoms with Crippen LogP contribution >= 0.6 is 0 Å². The number of hydrogen-bond donors (Lipinski definition) is 1. The van der Waals surface area contributed by atoms with E-state index in [9.17, 15) is 10.1 Å². The van der Waals surface area contributed by atoms with Crippen molar-refractivity contribution in [1.82, 2.24) is 9.97 Å². The normalized spacial score (nSPS) is 22.3. The van der Waals surface area contributed by atoms with Gasteiger partial charge >= 0.3 is 5.69 Å². The van der Waals surface area contributed by atoms with Crippen LogP contribution in [0.1, 0.15) is 39.5 Å². The van der Waals surface area contributed by atoms with Gasteiger partial charge in [0.25, 0.3) is 5.88 Å². The fourth-order valence-electron chi connectivity index (χ4n) is 2.51. The maximum atomic E-state index is 11.2. The fraction of sp³-hybridized carbons (Fsp3) is 0.692. The van der Waals surface area contributed by atoms with E-state index in [0.717, 1.165) is 19.3 Å². The van der Waals surface area contributed by atoms with Gasteiger partial charge in [-0.3, -0.25) is 10.1 Å². The van der Waals surface area contributed by atoms with Crippen LogP contribution in [0.3, 0.4) is 0 Å². The van der Waals surface area contributed by atoms with E-state index in [0.29, 0.717) is 12.5 Å². The second kappa shape index (κ2) is 6.49. The van der Waals surface area contributed by atoms with Crippen molar-refractivity contribution >= 4 is 11.5 Å². The first-order valence-electron chi connectivity index (χ1n) is 7.03. The maximum absolute atomic E-state index is 11.2. The van der Waals surface area contributed by atoms with Crippen molar-refractivity contribution < 1.29 is 9.66 Å². The maximum Gasteiger partial charge on any atom is 0.372 e. The van der Waals surface area contributed by atoms with Gasteiger partial charge in [-0.2, -0.15) is 4.98 Å². The Balaban J connectivity index is 2.26. The highest BCUT2D eigenvalue weighted by Crippen LogP contribution is 2.34. The number of hydrogen-bond acceptors (Lipinski definition) is 6. The lowest BCUT2D eigenvalue weighted by molar-refractivity contribution is -0.385. The Bertz CT molecular complexity index is 481. The predicted molar refractivity (Wildman–Crippen MR) is 74.9 cm³/mol. The zero-order valence-electron chi connectivity index (χ0n) is 11.8. The van der Waals surface area contributed by atoms with E-state index in [4.69, 9.17) is 4.74 Å². The van der Waals surface area contributed by atoms with Crippen molar-refractivity contribution in [3.8, 4) is 5.88 Å². The molecule has 1 saturated carbocycles. The van der Waals surface area contributed by atoms with Crippen molar-refractivity contribution in [2.45, 2.75) is 45.6 Å². The van der Waals surface area contributed by atoms with Gasteiger partial charge in [-0.25, -0.2) is 4.98 Å². The predicted octanol–water partition coefficient (Wildman–Crippen LogP) is 2.77. The summed E-state index contributed by atoms with van der Waals surface area (Å²) in [5.41, 5.74) is -0.174. The summed E-state index contributed by atoms with van der Waals surface area (Å²) in [4.78, 5) is 18.6. The lowest BCUT2D eigenvalue weighted by atomic mass is 9.88. The van der Waals surface area contributed by atoms with Gasteiger partial charge in [0.05, 0.1) is 4.92 Å². The van der Waals surface area contributed by atoms with Gasteiger partial charge in [-0.15, -0.1) is 0 Å². The van der Waals surface area contributed by atoms with Crippen LogP contribution in [0.2, 0.25) is 0 Å². The van der Waals surface area contributed by atoms with Gasteiger partial charge in [0.2, 0.25) is 5.82 Å². The molecule has 2 rings (SSSR count). The minimum atomic E-state index is -0.485. The molecule has 1 N–H and O–H groups in total. The first-order valence-corrected chi connectivity index (χ1v) is 7.03. The first-order chi connectivity index (χ1) is 9.63. The number of nitrogens with one attached hydrogen (secondary N) is 1. The minimum Gasteiger partial charge on any atom is -0.469 e. The van der Waals surface area contributed by atoms with Crippen LogP contribution in [-0.4, -0.2) is 27.5 Å². The van der Waals surface area contributed by atoms with E-state index < -0.39 is 4.92 Å². The zero-order valence-corrected chi connectivity index (χ0v) is 11.8. The Morgan fingerprint density at radius 2 is 2.20 bits per heavy atom. The molecular weight excluding hydrogens is 260 g/mol.